The van der Waals surface area contributed by atoms with Gasteiger partial charge in [-0.05, 0) is 25.0 Å². The molecule has 0 spiro atoms. The maximum absolute atomic E-state index is 10.8. The number of hydrogen-bond acceptors (Lipinski definition) is 3. The fourth-order valence-corrected chi connectivity index (χ4v) is 1.33. The van der Waals surface area contributed by atoms with Crippen LogP contribution in [0.15, 0.2) is 30.4 Å². The van der Waals surface area contributed by atoms with E-state index in [1.807, 2.05) is 0 Å². The second-order valence-electron chi connectivity index (χ2n) is 3.89. The zero-order valence-corrected chi connectivity index (χ0v) is 11.2. The molecule has 0 aliphatic carbocycles. The predicted octanol–water partition coefficient (Wildman–Crippen LogP) is 2.29. The van der Waals surface area contributed by atoms with Crippen molar-refractivity contribution in [2.45, 2.75) is 20.3 Å². The molecule has 0 amide bonds. The van der Waals surface area contributed by atoms with Crippen molar-refractivity contribution in [1.29, 1.82) is 0 Å². The van der Waals surface area contributed by atoms with E-state index < -0.39 is 17.9 Å². The first-order valence-corrected chi connectivity index (χ1v) is 5.69. The number of benzene rings is 1. The molecular formula is C14H16O6. The molecule has 1 rings (SSSR count). The van der Waals surface area contributed by atoms with Gasteiger partial charge >= 0.3 is 17.9 Å². The minimum Gasteiger partial charge on any atom is -0.478 e. The Kier molecular flexibility index (Phi) is 6.71. The van der Waals surface area contributed by atoms with Crippen LogP contribution in [0.4, 0.5) is 0 Å². The van der Waals surface area contributed by atoms with Gasteiger partial charge in [-0.25, -0.2) is 14.4 Å². The summed E-state index contributed by atoms with van der Waals surface area (Å²) >= 11 is 0. The van der Waals surface area contributed by atoms with Crippen molar-refractivity contribution in [3.63, 3.8) is 0 Å². The normalized spacial score (nSPS) is 9.10. The molecule has 1 aromatic carbocycles. The average Bonchev–Trinajstić information content (AvgIpc) is 2.37. The lowest BCUT2D eigenvalue weighted by molar-refractivity contribution is -0.132. The largest absolute Gasteiger partial charge is 0.478 e. The summed E-state index contributed by atoms with van der Waals surface area (Å²) in [5.74, 6) is -3.34. The number of aryl methyl sites for hydroxylation is 1. The van der Waals surface area contributed by atoms with Crippen molar-refractivity contribution in [3.8, 4) is 0 Å². The molecule has 0 aromatic heterocycles. The highest BCUT2D eigenvalue weighted by atomic mass is 16.4. The van der Waals surface area contributed by atoms with Crippen molar-refractivity contribution in [3.05, 3.63) is 47.0 Å². The molecule has 20 heavy (non-hydrogen) atoms. The van der Waals surface area contributed by atoms with Gasteiger partial charge in [-0.2, -0.15) is 0 Å². The van der Waals surface area contributed by atoms with E-state index in [-0.39, 0.29) is 16.7 Å². The van der Waals surface area contributed by atoms with Crippen LogP contribution in [0, 0.1) is 0 Å². The second kappa shape index (κ2) is 7.73. The maximum Gasteiger partial charge on any atom is 0.336 e. The Morgan fingerprint density at radius 1 is 1.10 bits per heavy atom. The van der Waals surface area contributed by atoms with E-state index in [9.17, 15) is 14.4 Å². The monoisotopic (exact) mass is 280 g/mol. The lowest BCUT2D eigenvalue weighted by atomic mass is 9.99. The lowest BCUT2D eigenvalue weighted by Gasteiger charge is -2.06. The van der Waals surface area contributed by atoms with Crippen LogP contribution in [0.5, 0.6) is 0 Å². The Morgan fingerprint density at radius 2 is 1.60 bits per heavy atom. The molecule has 0 saturated heterocycles. The van der Waals surface area contributed by atoms with E-state index in [0.717, 1.165) is 0 Å². The molecular weight excluding hydrogens is 264 g/mol. The molecule has 6 nitrogen and oxygen atoms in total. The quantitative estimate of drug-likeness (QED) is 0.729. The van der Waals surface area contributed by atoms with E-state index >= 15 is 0 Å². The Morgan fingerprint density at radius 3 is 1.90 bits per heavy atom. The van der Waals surface area contributed by atoms with Crippen molar-refractivity contribution in [2.75, 3.05) is 0 Å². The first-order chi connectivity index (χ1) is 9.22. The minimum absolute atomic E-state index is 0.109. The Labute approximate surface area is 116 Å². The first-order valence-electron chi connectivity index (χ1n) is 5.69. The fraction of sp³-hybridized carbons (Fsp3) is 0.214. The first kappa shape index (κ1) is 17.4. The highest BCUT2D eigenvalue weighted by molar-refractivity contribution is 6.02. The van der Waals surface area contributed by atoms with E-state index in [1.54, 1.807) is 19.1 Å². The summed E-state index contributed by atoms with van der Waals surface area (Å²) in [4.78, 5) is 31.2. The molecule has 0 heterocycles. The molecule has 3 N–H and O–H groups in total. The molecule has 6 heteroatoms. The molecule has 0 aliphatic rings. The van der Waals surface area contributed by atoms with Gasteiger partial charge in [0, 0.05) is 5.57 Å². The zero-order chi connectivity index (χ0) is 15.9. The van der Waals surface area contributed by atoms with Gasteiger partial charge in [0.1, 0.15) is 0 Å². The highest BCUT2D eigenvalue weighted by Gasteiger charge is 2.18. The number of carboxylic acids is 3. The van der Waals surface area contributed by atoms with Crippen LogP contribution < -0.4 is 0 Å². The van der Waals surface area contributed by atoms with Crippen molar-refractivity contribution in [2.24, 2.45) is 0 Å². The third-order valence-corrected chi connectivity index (χ3v) is 2.34. The van der Waals surface area contributed by atoms with Gasteiger partial charge in [-0.15, -0.1) is 0 Å². The molecule has 0 atom stereocenters. The van der Waals surface area contributed by atoms with Gasteiger partial charge in [0.2, 0.25) is 0 Å². The zero-order valence-electron chi connectivity index (χ0n) is 11.2. The van der Waals surface area contributed by atoms with Crippen LogP contribution >= 0.6 is 0 Å². The van der Waals surface area contributed by atoms with Gasteiger partial charge in [0.25, 0.3) is 0 Å². The summed E-state index contributed by atoms with van der Waals surface area (Å²) in [6.45, 7) is 6.39. The molecule has 1 aromatic rings. The molecule has 0 saturated carbocycles. The maximum atomic E-state index is 10.8. The Bertz CT molecular complexity index is 533. The number of rotatable bonds is 4. The van der Waals surface area contributed by atoms with Crippen molar-refractivity contribution < 1.29 is 29.7 Å². The summed E-state index contributed by atoms with van der Waals surface area (Å²) in [5, 5.41) is 25.5. The van der Waals surface area contributed by atoms with Gasteiger partial charge in [-0.1, -0.05) is 25.6 Å². The van der Waals surface area contributed by atoms with E-state index in [1.165, 1.54) is 13.0 Å². The van der Waals surface area contributed by atoms with Crippen molar-refractivity contribution >= 4 is 17.9 Å². The van der Waals surface area contributed by atoms with E-state index in [2.05, 4.69) is 6.58 Å². The summed E-state index contributed by atoms with van der Waals surface area (Å²) in [5.41, 5.74) is 0.451. The van der Waals surface area contributed by atoms with Crippen LogP contribution in [-0.4, -0.2) is 33.2 Å². The summed E-state index contributed by atoms with van der Waals surface area (Å²) in [6.07, 6.45) is 0.503. The molecule has 108 valence electrons. The Balaban J connectivity index is 0.000000511. The second-order valence-corrected chi connectivity index (χ2v) is 3.89. The fourth-order valence-electron chi connectivity index (χ4n) is 1.33. The number of carbonyl (C=O) groups is 3. The number of carboxylic acid groups (broad SMARTS) is 3. The lowest BCUT2D eigenvalue weighted by Crippen LogP contribution is -2.10. The smallest absolute Gasteiger partial charge is 0.336 e. The van der Waals surface area contributed by atoms with Crippen LogP contribution in [0.3, 0.4) is 0 Å². The standard InChI is InChI=1S/C10H10O4.C4H6O2/c1-2-6-4-3-5-7(9(11)12)8(6)10(13)14;1-3(2)4(5)6/h3-5H,2H2,1H3,(H,11,12)(H,13,14);1H2,2H3,(H,5,6). The van der Waals surface area contributed by atoms with Gasteiger partial charge in [0.15, 0.2) is 0 Å². The number of aromatic carboxylic acids is 2. The van der Waals surface area contributed by atoms with Crippen LogP contribution in [0.1, 0.15) is 40.1 Å². The van der Waals surface area contributed by atoms with Crippen LogP contribution in [-0.2, 0) is 11.2 Å². The number of hydrogen-bond donors (Lipinski definition) is 3. The summed E-state index contributed by atoms with van der Waals surface area (Å²) in [6, 6.07) is 4.47. The van der Waals surface area contributed by atoms with E-state index in [0.29, 0.717) is 12.0 Å². The topological polar surface area (TPSA) is 112 Å². The van der Waals surface area contributed by atoms with E-state index in [4.69, 9.17) is 15.3 Å². The SMILES string of the molecule is C=C(C)C(=O)O.CCc1cccc(C(=O)O)c1C(=O)O. The molecule has 0 aliphatic heterocycles. The third kappa shape index (κ3) is 4.93. The average molecular weight is 280 g/mol. The Hall–Kier alpha value is -2.63. The van der Waals surface area contributed by atoms with Gasteiger partial charge in [0.05, 0.1) is 11.1 Å². The molecule has 0 fully saturated rings. The third-order valence-electron chi connectivity index (χ3n) is 2.34. The van der Waals surface area contributed by atoms with Crippen molar-refractivity contribution in [1.82, 2.24) is 0 Å². The molecule has 0 bridgehead atoms. The highest BCUT2D eigenvalue weighted by Crippen LogP contribution is 2.15. The molecule has 0 unspecified atom stereocenters. The summed E-state index contributed by atoms with van der Waals surface area (Å²) < 4.78 is 0. The summed E-state index contributed by atoms with van der Waals surface area (Å²) in [7, 11) is 0. The van der Waals surface area contributed by atoms with Crippen LogP contribution in [0.25, 0.3) is 0 Å². The number of aliphatic carboxylic acids is 1. The van der Waals surface area contributed by atoms with Crippen LogP contribution in [0.2, 0.25) is 0 Å². The molecule has 0 radical (unpaired) electrons. The predicted molar refractivity (Wildman–Crippen MR) is 72.2 cm³/mol. The van der Waals surface area contributed by atoms with Gasteiger partial charge < -0.3 is 15.3 Å². The minimum atomic E-state index is -1.21. The van der Waals surface area contributed by atoms with Gasteiger partial charge in [-0.3, -0.25) is 0 Å².